The van der Waals surface area contributed by atoms with Crippen molar-refractivity contribution in [3.05, 3.63) is 42.7 Å². The van der Waals surface area contributed by atoms with E-state index in [1.54, 1.807) is 10.7 Å². The summed E-state index contributed by atoms with van der Waals surface area (Å²) in [6.45, 7) is 7.24. The molecular weight excluding hydrogens is 531 g/mol. The van der Waals surface area contributed by atoms with Crippen molar-refractivity contribution in [3.63, 3.8) is 0 Å². The molecule has 0 radical (unpaired) electrons. The van der Waals surface area contributed by atoms with Gasteiger partial charge >= 0.3 is 205 Å². The molecule has 0 aliphatic carbocycles. The number of benzene rings is 1. The molecule has 3 aromatic rings. The van der Waals surface area contributed by atoms with E-state index in [0.29, 0.717) is 5.75 Å². The van der Waals surface area contributed by atoms with Crippen LogP contribution in [0.1, 0.15) is 59.3 Å². The van der Waals surface area contributed by atoms with Gasteiger partial charge in [0.15, 0.2) is 0 Å². The van der Waals surface area contributed by atoms with Crippen LogP contribution in [-0.2, 0) is 0 Å². The summed E-state index contributed by atoms with van der Waals surface area (Å²) in [6, 6.07) is 10.4. The molecular formula is C28H42N2O3Sn. The van der Waals surface area contributed by atoms with Crippen LogP contribution in [-0.4, -0.2) is 53.2 Å². The molecule has 3 rings (SSSR count). The van der Waals surface area contributed by atoms with Gasteiger partial charge < -0.3 is 5.11 Å². The summed E-state index contributed by atoms with van der Waals surface area (Å²) in [5.74, 6) is 1.41. The van der Waals surface area contributed by atoms with Crippen molar-refractivity contribution >= 4 is 27.6 Å². The number of aromatic nitrogens is 2. The van der Waals surface area contributed by atoms with Crippen molar-refractivity contribution in [2.24, 2.45) is 0 Å². The summed E-state index contributed by atoms with van der Waals surface area (Å²) in [6.07, 6.45) is 12.5. The van der Waals surface area contributed by atoms with Crippen molar-refractivity contribution in [1.29, 1.82) is 0 Å². The number of ether oxygens (including phenoxy) is 2. The second-order valence-corrected chi connectivity index (χ2v) is 22.6. The first-order valence-corrected chi connectivity index (χ1v) is 20.5. The van der Waals surface area contributed by atoms with E-state index in [2.05, 4.69) is 49.7 Å². The van der Waals surface area contributed by atoms with Gasteiger partial charge in [-0.3, -0.25) is 0 Å². The maximum atomic E-state index is 9.03. The monoisotopic (exact) mass is 574 g/mol. The van der Waals surface area contributed by atoms with E-state index < -0.39 is 18.4 Å². The average molecular weight is 573 g/mol. The average Bonchev–Trinajstić information content (AvgIpc) is 3.30. The predicted octanol–water partition coefficient (Wildman–Crippen LogP) is 6.44. The van der Waals surface area contributed by atoms with Gasteiger partial charge in [0.2, 0.25) is 0 Å². The van der Waals surface area contributed by atoms with Gasteiger partial charge in [-0.25, -0.2) is 0 Å². The van der Waals surface area contributed by atoms with Crippen LogP contribution in [0.2, 0.25) is 13.3 Å². The van der Waals surface area contributed by atoms with Crippen LogP contribution >= 0.6 is 0 Å². The number of aliphatic hydroxyl groups excluding tert-OH is 1. The molecule has 0 bridgehead atoms. The fraction of sp³-hybridized carbons (Fsp3) is 0.536. The summed E-state index contributed by atoms with van der Waals surface area (Å²) >= 11 is -2.50. The standard InChI is InChI=1S/C16H15N2O3.3C4H9.Sn/c1-20-15-10-12(21-9-8-19)5-6-13(15)14-11-18-7-3-2-4-16(18)17-14;3*1-3-4-2;/h2,4-7,10-11,19H,8-9H2,1H3;3*1,3-4H2,2H3;. The van der Waals surface area contributed by atoms with Crippen molar-refractivity contribution in [1.82, 2.24) is 9.38 Å². The zero-order valence-corrected chi connectivity index (χ0v) is 24.3. The Balaban J connectivity index is 1.99. The number of aliphatic hydroxyl groups is 1. The minimum atomic E-state index is -2.50. The number of rotatable bonds is 15. The Morgan fingerprint density at radius 2 is 1.59 bits per heavy atom. The molecule has 0 unspecified atom stereocenters. The van der Waals surface area contributed by atoms with E-state index in [0.717, 1.165) is 22.7 Å². The Morgan fingerprint density at radius 3 is 2.18 bits per heavy atom. The van der Waals surface area contributed by atoms with Crippen LogP contribution in [0.5, 0.6) is 11.5 Å². The second kappa shape index (κ2) is 13.4. The zero-order valence-electron chi connectivity index (χ0n) is 21.5. The molecule has 5 nitrogen and oxygen atoms in total. The Kier molecular flexibility index (Phi) is 10.6. The van der Waals surface area contributed by atoms with Crippen molar-refractivity contribution in [3.8, 4) is 22.8 Å². The van der Waals surface area contributed by atoms with Gasteiger partial charge in [0, 0.05) is 0 Å². The van der Waals surface area contributed by atoms with Gasteiger partial charge in [0.05, 0.1) is 0 Å². The summed E-state index contributed by atoms with van der Waals surface area (Å²) in [5, 5.41) is 9.03. The molecule has 34 heavy (non-hydrogen) atoms. The Bertz CT molecular complexity index is 1010. The first-order valence-electron chi connectivity index (χ1n) is 13.0. The van der Waals surface area contributed by atoms with Crippen LogP contribution < -0.4 is 13.1 Å². The van der Waals surface area contributed by atoms with E-state index in [-0.39, 0.29) is 13.2 Å². The number of methoxy groups -OCH3 is 1. The molecule has 0 saturated carbocycles. The van der Waals surface area contributed by atoms with Crippen molar-refractivity contribution in [2.45, 2.75) is 72.6 Å². The maximum absolute atomic E-state index is 9.03. The number of pyridine rings is 1. The summed E-state index contributed by atoms with van der Waals surface area (Å²) in [5.41, 5.74) is 2.82. The molecule has 0 amide bonds. The summed E-state index contributed by atoms with van der Waals surface area (Å²) in [7, 11) is 1.67. The molecule has 0 aliphatic rings. The van der Waals surface area contributed by atoms with Gasteiger partial charge in [-0.1, -0.05) is 0 Å². The Hall–Kier alpha value is -1.73. The van der Waals surface area contributed by atoms with Gasteiger partial charge in [-0.15, -0.1) is 0 Å². The third-order valence-corrected chi connectivity index (χ3v) is 22.5. The molecule has 0 fully saturated rings. The molecule has 6 heteroatoms. The topological polar surface area (TPSA) is 56.0 Å². The fourth-order valence-corrected chi connectivity index (χ4v) is 20.8. The zero-order chi connectivity index (χ0) is 24.4. The minimum absolute atomic E-state index is 0.0138. The Labute approximate surface area is 209 Å². The third kappa shape index (κ3) is 6.48. The van der Waals surface area contributed by atoms with E-state index in [1.165, 1.54) is 51.8 Å². The summed E-state index contributed by atoms with van der Waals surface area (Å²) < 4.78 is 19.5. The first-order chi connectivity index (χ1) is 16.6. The Morgan fingerprint density at radius 1 is 0.912 bits per heavy atom. The molecule has 1 N–H and O–H groups in total. The van der Waals surface area contributed by atoms with Gasteiger partial charge in [-0.2, -0.15) is 0 Å². The van der Waals surface area contributed by atoms with Crippen LogP contribution in [0, 0.1) is 0 Å². The molecule has 2 aromatic heterocycles. The van der Waals surface area contributed by atoms with Crippen molar-refractivity contribution in [2.75, 3.05) is 20.3 Å². The molecule has 186 valence electrons. The van der Waals surface area contributed by atoms with Gasteiger partial charge in [0.1, 0.15) is 0 Å². The van der Waals surface area contributed by atoms with Crippen LogP contribution in [0.15, 0.2) is 42.7 Å². The quantitative estimate of drug-likeness (QED) is 0.213. The van der Waals surface area contributed by atoms with E-state index in [9.17, 15) is 0 Å². The predicted molar refractivity (Wildman–Crippen MR) is 144 cm³/mol. The number of unbranched alkanes of at least 4 members (excludes halogenated alkanes) is 3. The number of fused-ring (bicyclic) bond motifs is 1. The number of nitrogens with zero attached hydrogens (tertiary/aromatic N) is 2. The fourth-order valence-electron chi connectivity index (χ4n) is 4.93. The first kappa shape index (κ1) is 26.9. The molecule has 0 atom stereocenters. The van der Waals surface area contributed by atoms with E-state index in [4.69, 9.17) is 19.6 Å². The van der Waals surface area contributed by atoms with E-state index in [1.807, 2.05) is 18.2 Å². The van der Waals surface area contributed by atoms with Gasteiger partial charge in [-0.05, 0) is 0 Å². The number of hydrogen-bond acceptors (Lipinski definition) is 4. The number of hydrogen-bond donors (Lipinski definition) is 1. The van der Waals surface area contributed by atoms with E-state index >= 15 is 0 Å². The molecule has 0 saturated heterocycles. The van der Waals surface area contributed by atoms with Crippen LogP contribution in [0.4, 0.5) is 0 Å². The normalized spacial score (nSPS) is 11.8. The molecule has 2 heterocycles. The van der Waals surface area contributed by atoms with Crippen LogP contribution in [0.25, 0.3) is 16.9 Å². The molecule has 1 aromatic carbocycles. The van der Waals surface area contributed by atoms with Gasteiger partial charge in [0.25, 0.3) is 0 Å². The third-order valence-electron chi connectivity index (χ3n) is 6.90. The van der Waals surface area contributed by atoms with Crippen LogP contribution in [0.3, 0.4) is 0 Å². The molecule has 0 aliphatic heterocycles. The SMILES string of the molecule is CCC[CH2][Sn]([CH2]CCC)([CH2]CCC)[c]1ccc2nc(-c3ccc(OCCO)cc3OC)cn2c1. The number of imidazole rings is 1. The molecule has 0 spiro atoms. The second-order valence-electron chi connectivity index (χ2n) is 9.33. The summed E-state index contributed by atoms with van der Waals surface area (Å²) in [4.78, 5) is 4.92. The van der Waals surface area contributed by atoms with Crippen molar-refractivity contribution < 1.29 is 14.6 Å².